The average molecular weight is 248 g/mol. The third kappa shape index (κ3) is 4.61. The minimum Gasteiger partial charge on any atom is -0.405 e. The van der Waals surface area contributed by atoms with E-state index in [1.807, 2.05) is 0 Å². The molecule has 0 spiro atoms. The van der Waals surface area contributed by atoms with Gasteiger partial charge in [-0.15, -0.1) is 0 Å². The van der Waals surface area contributed by atoms with Crippen LogP contribution in [0.1, 0.15) is 27.2 Å². The van der Waals surface area contributed by atoms with Gasteiger partial charge in [-0.05, 0) is 18.1 Å². The standard InChI is InChI=1S/C10H24N2O3Si/c1-10(2,3)16(4,5)15-8(9(11)13)6-7-14-12/h8H,6-7,12H2,1-5H3,(H2,11,13). The van der Waals surface area contributed by atoms with Gasteiger partial charge in [0.25, 0.3) is 0 Å². The smallest absolute Gasteiger partial charge is 0.245 e. The number of rotatable bonds is 6. The van der Waals surface area contributed by atoms with E-state index in [2.05, 4.69) is 38.7 Å². The summed E-state index contributed by atoms with van der Waals surface area (Å²) in [6.07, 6.45) is -0.206. The van der Waals surface area contributed by atoms with Crippen LogP contribution in [0, 0.1) is 0 Å². The second-order valence-electron chi connectivity index (χ2n) is 5.43. The molecule has 5 nitrogen and oxygen atoms in total. The number of carbonyl (C=O) groups excluding carboxylic acids is 1. The van der Waals surface area contributed by atoms with E-state index in [0.717, 1.165) is 0 Å². The van der Waals surface area contributed by atoms with Gasteiger partial charge in [0.1, 0.15) is 6.10 Å². The van der Waals surface area contributed by atoms with Gasteiger partial charge in [-0.1, -0.05) is 20.8 Å². The predicted octanol–water partition coefficient (Wildman–Crippen LogP) is 1.14. The molecule has 16 heavy (non-hydrogen) atoms. The maximum atomic E-state index is 11.2. The first kappa shape index (κ1) is 15.6. The third-order valence-corrected chi connectivity index (χ3v) is 7.54. The molecule has 0 bridgehead atoms. The second kappa shape index (κ2) is 5.76. The van der Waals surface area contributed by atoms with E-state index in [-0.39, 0.29) is 11.6 Å². The molecule has 0 radical (unpaired) electrons. The van der Waals surface area contributed by atoms with Gasteiger partial charge in [-0.3, -0.25) is 4.79 Å². The first-order valence-corrected chi connectivity index (χ1v) is 8.31. The minimum atomic E-state index is -1.98. The summed E-state index contributed by atoms with van der Waals surface area (Å²) in [5.74, 6) is 4.47. The van der Waals surface area contributed by atoms with Crippen molar-refractivity contribution in [3.05, 3.63) is 0 Å². The summed E-state index contributed by atoms with van der Waals surface area (Å²) in [6, 6.07) is 0. The van der Waals surface area contributed by atoms with Crippen molar-refractivity contribution in [2.45, 2.75) is 51.4 Å². The molecule has 6 heteroatoms. The predicted molar refractivity (Wildman–Crippen MR) is 66.0 cm³/mol. The van der Waals surface area contributed by atoms with Crippen LogP contribution in [0.25, 0.3) is 0 Å². The van der Waals surface area contributed by atoms with Crippen LogP contribution in [0.4, 0.5) is 0 Å². The Kier molecular flexibility index (Phi) is 5.61. The molecule has 1 atom stereocenters. The fourth-order valence-electron chi connectivity index (χ4n) is 0.967. The molecule has 0 saturated carbocycles. The van der Waals surface area contributed by atoms with Crippen molar-refractivity contribution in [1.82, 2.24) is 0 Å². The molecule has 0 heterocycles. The van der Waals surface area contributed by atoms with E-state index in [0.29, 0.717) is 6.42 Å². The zero-order valence-corrected chi connectivity index (χ0v) is 11.9. The highest BCUT2D eigenvalue weighted by Gasteiger charge is 2.40. The molecule has 0 saturated heterocycles. The molecule has 0 aromatic heterocycles. The van der Waals surface area contributed by atoms with Crippen LogP contribution in [0.3, 0.4) is 0 Å². The number of hydrogen-bond donors (Lipinski definition) is 2. The van der Waals surface area contributed by atoms with Crippen LogP contribution in [-0.4, -0.2) is 26.9 Å². The highest BCUT2D eigenvalue weighted by atomic mass is 28.4. The molecule has 0 aromatic carbocycles. The van der Waals surface area contributed by atoms with Gasteiger partial charge in [-0.2, -0.15) is 0 Å². The molecular weight excluding hydrogens is 224 g/mol. The highest BCUT2D eigenvalue weighted by Crippen LogP contribution is 2.37. The van der Waals surface area contributed by atoms with Crippen molar-refractivity contribution in [2.24, 2.45) is 11.6 Å². The van der Waals surface area contributed by atoms with E-state index < -0.39 is 20.3 Å². The van der Waals surface area contributed by atoms with Crippen LogP contribution < -0.4 is 11.6 Å². The number of carbonyl (C=O) groups is 1. The first-order chi connectivity index (χ1) is 7.12. The van der Waals surface area contributed by atoms with Gasteiger partial charge in [0.2, 0.25) is 5.91 Å². The maximum Gasteiger partial charge on any atom is 0.245 e. The Morgan fingerprint density at radius 3 is 2.19 bits per heavy atom. The van der Waals surface area contributed by atoms with Gasteiger partial charge >= 0.3 is 0 Å². The van der Waals surface area contributed by atoms with Gasteiger partial charge in [-0.25, -0.2) is 5.90 Å². The normalized spacial score (nSPS) is 14.9. The van der Waals surface area contributed by atoms with Gasteiger partial charge in [0.15, 0.2) is 8.32 Å². The molecule has 1 unspecified atom stereocenters. The van der Waals surface area contributed by atoms with Crippen LogP contribution in [0.2, 0.25) is 18.1 Å². The van der Waals surface area contributed by atoms with E-state index in [1.54, 1.807) is 0 Å². The highest BCUT2D eigenvalue weighted by molar-refractivity contribution is 6.74. The van der Waals surface area contributed by atoms with Crippen molar-refractivity contribution in [1.29, 1.82) is 0 Å². The third-order valence-electron chi connectivity index (χ3n) is 3.06. The molecule has 0 aliphatic rings. The van der Waals surface area contributed by atoms with Gasteiger partial charge in [0.05, 0.1) is 6.61 Å². The lowest BCUT2D eigenvalue weighted by molar-refractivity contribution is -0.126. The molecule has 0 rings (SSSR count). The Hall–Kier alpha value is -0.433. The number of amides is 1. The van der Waals surface area contributed by atoms with Crippen LogP contribution in [-0.2, 0) is 14.1 Å². The Bertz CT molecular complexity index is 239. The quantitative estimate of drug-likeness (QED) is 0.545. The summed E-state index contributed by atoms with van der Waals surface area (Å²) in [6.45, 7) is 10.7. The summed E-state index contributed by atoms with van der Waals surface area (Å²) < 4.78 is 5.89. The molecule has 0 aliphatic heterocycles. The Labute approximate surface area is 98.6 Å². The molecule has 0 fully saturated rings. The van der Waals surface area contributed by atoms with Crippen molar-refractivity contribution in [3.8, 4) is 0 Å². The largest absolute Gasteiger partial charge is 0.405 e. The summed E-state index contributed by atoms with van der Waals surface area (Å²) in [4.78, 5) is 15.7. The molecule has 96 valence electrons. The summed E-state index contributed by atoms with van der Waals surface area (Å²) in [5.41, 5.74) is 5.29. The van der Waals surface area contributed by atoms with Crippen LogP contribution in [0.5, 0.6) is 0 Å². The monoisotopic (exact) mass is 248 g/mol. The molecule has 1 amide bonds. The number of nitrogens with two attached hydrogens (primary N) is 2. The second-order valence-corrected chi connectivity index (χ2v) is 10.2. The molecule has 4 N–H and O–H groups in total. The van der Waals surface area contributed by atoms with Crippen molar-refractivity contribution in [3.63, 3.8) is 0 Å². The van der Waals surface area contributed by atoms with Crippen LogP contribution in [0.15, 0.2) is 0 Å². The fraction of sp³-hybridized carbons (Fsp3) is 0.900. The molecule has 0 aromatic rings. The number of hydrogen-bond acceptors (Lipinski definition) is 4. The van der Waals surface area contributed by atoms with Gasteiger partial charge in [0, 0.05) is 6.42 Å². The number of primary amides is 1. The minimum absolute atomic E-state index is 0.0459. The molecular formula is C10H24N2O3Si. The van der Waals surface area contributed by atoms with E-state index >= 15 is 0 Å². The summed E-state index contributed by atoms with van der Waals surface area (Å²) in [5, 5.41) is 0.0459. The van der Waals surface area contributed by atoms with Crippen molar-refractivity contribution in [2.75, 3.05) is 6.61 Å². The van der Waals surface area contributed by atoms with Crippen LogP contribution >= 0.6 is 0 Å². The SMILES string of the molecule is CC(C)(C)[Si](C)(C)OC(CCON)C(N)=O. The summed E-state index contributed by atoms with van der Waals surface area (Å²) >= 11 is 0. The van der Waals surface area contributed by atoms with E-state index in [1.165, 1.54) is 0 Å². The lowest BCUT2D eigenvalue weighted by Gasteiger charge is -2.38. The maximum absolute atomic E-state index is 11.2. The van der Waals surface area contributed by atoms with Crippen molar-refractivity contribution < 1.29 is 14.1 Å². The van der Waals surface area contributed by atoms with Crippen molar-refractivity contribution >= 4 is 14.2 Å². The Morgan fingerprint density at radius 2 is 1.88 bits per heavy atom. The lowest BCUT2D eigenvalue weighted by atomic mass is 10.2. The van der Waals surface area contributed by atoms with E-state index in [4.69, 9.17) is 16.1 Å². The average Bonchev–Trinajstić information content (AvgIpc) is 2.09. The molecule has 0 aliphatic carbocycles. The van der Waals surface area contributed by atoms with E-state index in [9.17, 15) is 4.79 Å². The zero-order valence-electron chi connectivity index (χ0n) is 10.9. The zero-order chi connectivity index (χ0) is 13.0. The lowest BCUT2D eigenvalue weighted by Crippen LogP contribution is -2.48. The first-order valence-electron chi connectivity index (χ1n) is 5.40. The topological polar surface area (TPSA) is 87.6 Å². The summed E-state index contributed by atoms with van der Waals surface area (Å²) in [7, 11) is -1.98. The fourth-order valence-corrected chi connectivity index (χ4v) is 2.27. The Balaban J connectivity index is 4.56. The Morgan fingerprint density at radius 1 is 1.38 bits per heavy atom. The van der Waals surface area contributed by atoms with Gasteiger partial charge < -0.3 is 15.0 Å².